The first-order valence-electron chi connectivity index (χ1n) is 8.48. The summed E-state index contributed by atoms with van der Waals surface area (Å²) < 4.78 is 2.06. The van der Waals surface area contributed by atoms with Crippen molar-refractivity contribution < 1.29 is 9.90 Å². The SMILES string of the molecule is C\C(Cl)=C/C(Cl)=C\C=C(/C)c1cn(CC2=CC=C(C(=O)O)C=CC2)c(C)n1. The molecule has 142 valence electrons. The largest absolute Gasteiger partial charge is 0.478 e. The number of aliphatic carboxylic acids is 1. The lowest BCUT2D eigenvalue weighted by molar-refractivity contribution is -0.132. The predicted molar refractivity (Wildman–Crippen MR) is 112 cm³/mol. The van der Waals surface area contributed by atoms with E-state index in [1.807, 2.05) is 38.3 Å². The number of rotatable bonds is 6. The number of carboxylic acids is 1. The van der Waals surface area contributed by atoms with E-state index in [2.05, 4.69) is 9.55 Å². The van der Waals surface area contributed by atoms with E-state index >= 15 is 0 Å². The van der Waals surface area contributed by atoms with Crippen LogP contribution in [0.3, 0.4) is 0 Å². The van der Waals surface area contributed by atoms with Crippen LogP contribution in [0.15, 0.2) is 69.9 Å². The Kier molecular flexibility index (Phi) is 7.45. The van der Waals surface area contributed by atoms with Gasteiger partial charge in [-0.05, 0) is 56.6 Å². The summed E-state index contributed by atoms with van der Waals surface area (Å²) in [5.74, 6) is -0.0302. The van der Waals surface area contributed by atoms with Gasteiger partial charge in [0.15, 0.2) is 0 Å². The van der Waals surface area contributed by atoms with Gasteiger partial charge in [-0.1, -0.05) is 47.5 Å². The third-order valence-electron chi connectivity index (χ3n) is 4.01. The Balaban J connectivity index is 2.18. The lowest BCUT2D eigenvalue weighted by Gasteiger charge is -2.06. The van der Waals surface area contributed by atoms with Crippen molar-refractivity contribution in [3.05, 3.63) is 81.5 Å². The minimum absolute atomic E-state index is 0.289. The van der Waals surface area contributed by atoms with Gasteiger partial charge in [0.05, 0.1) is 11.3 Å². The van der Waals surface area contributed by atoms with Gasteiger partial charge >= 0.3 is 5.97 Å². The first-order chi connectivity index (χ1) is 12.8. The molecule has 1 aliphatic rings. The quantitative estimate of drug-likeness (QED) is 0.613. The van der Waals surface area contributed by atoms with E-state index in [0.717, 1.165) is 22.7 Å². The van der Waals surface area contributed by atoms with Crippen LogP contribution in [0.5, 0.6) is 0 Å². The van der Waals surface area contributed by atoms with E-state index in [9.17, 15) is 4.79 Å². The predicted octanol–water partition coefficient (Wildman–Crippen LogP) is 5.76. The van der Waals surface area contributed by atoms with Crippen LogP contribution in [-0.4, -0.2) is 20.6 Å². The van der Waals surface area contributed by atoms with Crippen molar-refractivity contribution in [1.82, 2.24) is 9.55 Å². The maximum Gasteiger partial charge on any atom is 0.335 e. The van der Waals surface area contributed by atoms with Crippen molar-refractivity contribution >= 4 is 34.7 Å². The summed E-state index contributed by atoms with van der Waals surface area (Å²) in [7, 11) is 0. The van der Waals surface area contributed by atoms with Gasteiger partial charge in [-0.3, -0.25) is 0 Å². The molecule has 0 saturated heterocycles. The molecule has 6 heteroatoms. The second-order valence-corrected chi connectivity index (χ2v) is 7.32. The summed E-state index contributed by atoms with van der Waals surface area (Å²) in [6.07, 6.45) is 15.1. The van der Waals surface area contributed by atoms with Gasteiger partial charge < -0.3 is 9.67 Å². The van der Waals surface area contributed by atoms with Crippen LogP contribution >= 0.6 is 23.2 Å². The Morgan fingerprint density at radius 1 is 1.30 bits per heavy atom. The molecule has 1 aliphatic carbocycles. The van der Waals surface area contributed by atoms with Gasteiger partial charge in [0.1, 0.15) is 5.82 Å². The summed E-state index contributed by atoms with van der Waals surface area (Å²) in [4.78, 5) is 15.7. The van der Waals surface area contributed by atoms with Gasteiger partial charge in [-0.25, -0.2) is 9.78 Å². The topological polar surface area (TPSA) is 55.1 Å². The highest BCUT2D eigenvalue weighted by molar-refractivity contribution is 6.34. The first-order valence-corrected chi connectivity index (χ1v) is 9.23. The third kappa shape index (κ3) is 6.42. The number of halogens is 2. The van der Waals surface area contributed by atoms with Crippen LogP contribution in [0.25, 0.3) is 5.57 Å². The number of imidazole rings is 1. The fourth-order valence-electron chi connectivity index (χ4n) is 2.53. The molecule has 1 N–H and O–H groups in total. The molecule has 0 radical (unpaired) electrons. The number of aromatic nitrogens is 2. The number of carboxylic acid groups (broad SMARTS) is 1. The molecule has 27 heavy (non-hydrogen) atoms. The van der Waals surface area contributed by atoms with Crippen LogP contribution < -0.4 is 0 Å². The smallest absolute Gasteiger partial charge is 0.335 e. The molecular formula is C21H22Cl2N2O2. The highest BCUT2D eigenvalue weighted by atomic mass is 35.5. The molecule has 0 bridgehead atoms. The molecule has 1 heterocycles. The summed E-state index contributed by atoms with van der Waals surface area (Å²) in [5, 5.41) is 10.3. The van der Waals surface area contributed by atoms with E-state index in [1.54, 1.807) is 31.2 Å². The van der Waals surface area contributed by atoms with E-state index in [-0.39, 0.29) is 5.57 Å². The molecule has 4 nitrogen and oxygen atoms in total. The Hall–Kier alpha value is -2.30. The van der Waals surface area contributed by atoms with Gasteiger partial charge in [0.25, 0.3) is 0 Å². The van der Waals surface area contributed by atoms with E-state index < -0.39 is 5.97 Å². The van der Waals surface area contributed by atoms with Crippen LogP contribution in [-0.2, 0) is 11.3 Å². The van der Waals surface area contributed by atoms with Crippen molar-refractivity contribution in [3.63, 3.8) is 0 Å². The van der Waals surface area contributed by atoms with Crippen LogP contribution in [0.2, 0.25) is 0 Å². The molecule has 0 atom stereocenters. The van der Waals surface area contributed by atoms with Crippen molar-refractivity contribution in [3.8, 4) is 0 Å². The lowest BCUT2D eigenvalue weighted by Crippen LogP contribution is -2.01. The van der Waals surface area contributed by atoms with Gasteiger partial charge in [0, 0.05) is 22.8 Å². The number of carbonyl (C=O) groups is 1. The van der Waals surface area contributed by atoms with E-state index in [4.69, 9.17) is 28.3 Å². The summed E-state index contributed by atoms with van der Waals surface area (Å²) in [5.41, 5.74) is 3.25. The van der Waals surface area contributed by atoms with Crippen molar-refractivity contribution in [2.24, 2.45) is 0 Å². The van der Waals surface area contributed by atoms with Crippen molar-refractivity contribution in [2.75, 3.05) is 0 Å². The molecular weight excluding hydrogens is 383 g/mol. The average Bonchev–Trinajstić information content (AvgIpc) is 2.80. The maximum atomic E-state index is 11.1. The minimum atomic E-state index is -0.920. The molecule has 0 unspecified atom stereocenters. The second kappa shape index (κ2) is 9.58. The summed E-state index contributed by atoms with van der Waals surface area (Å²) in [6, 6.07) is 0. The molecule has 0 aliphatic heterocycles. The lowest BCUT2D eigenvalue weighted by atomic mass is 10.1. The van der Waals surface area contributed by atoms with Gasteiger partial charge in [-0.15, -0.1) is 0 Å². The maximum absolute atomic E-state index is 11.1. The Bertz CT molecular complexity index is 909. The third-order valence-corrected chi connectivity index (χ3v) is 4.35. The molecule has 1 aromatic heterocycles. The second-order valence-electron chi connectivity index (χ2n) is 6.29. The summed E-state index contributed by atoms with van der Waals surface area (Å²) >= 11 is 11.9. The van der Waals surface area contributed by atoms with Crippen molar-refractivity contribution in [2.45, 2.75) is 33.7 Å². The molecule has 1 aromatic rings. The Morgan fingerprint density at radius 3 is 2.70 bits per heavy atom. The number of aryl methyl sites for hydroxylation is 1. The Morgan fingerprint density at radius 2 is 2.04 bits per heavy atom. The highest BCUT2D eigenvalue weighted by Gasteiger charge is 2.09. The Labute approximate surface area is 169 Å². The normalized spacial score (nSPS) is 16.1. The minimum Gasteiger partial charge on any atom is -0.478 e. The van der Waals surface area contributed by atoms with Crippen LogP contribution in [0.1, 0.15) is 31.8 Å². The zero-order valence-corrected chi connectivity index (χ0v) is 17.1. The zero-order valence-electron chi connectivity index (χ0n) is 15.5. The number of hydrogen-bond acceptors (Lipinski definition) is 2. The zero-order chi connectivity index (χ0) is 20.0. The monoisotopic (exact) mass is 404 g/mol. The molecule has 2 rings (SSSR count). The van der Waals surface area contributed by atoms with Crippen LogP contribution in [0, 0.1) is 6.92 Å². The number of hydrogen-bond donors (Lipinski definition) is 1. The number of nitrogens with zero attached hydrogens (tertiary/aromatic N) is 2. The van der Waals surface area contributed by atoms with Gasteiger partial charge in [-0.2, -0.15) is 0 Å². The first kappa shape index (κ1) is 21.0. The highest BCUT2D eigenvalue weighted by Crippen LogP contribution is 2.19. The molecule has 0 aromatic carbocycles. The average molecular weight is 405 g/mol. The molecule has 0 fully saturated rings. The van der Waals surface area contributed by atoms with E-state index in [1.165, 1.54) is 0 Å². The van der Waals surface area contributed by atoms with Crippen molar-refractivity contribution in [1.29, 1.82) is 0 Å². The molecule has 0 saturated carbocycles. The standard InChI is InChI=1S/C21H22Cl2N2O2/c1-14(7-10-19(23)11-15(2)22)20-13-25(16(3)24-20)12-17-5-4-6-18(9-8-17)21(26)27/h4,6-11,13H,5,12H2,1-3H3,(H,26,27)/b14-7+,15-11+,19-10+. The molecule has 0 spiro atoms. The van der Waals surface area contributed by atoms with Gasteiger partial charge in [0.2, 0.25) is 0 Å². The molecule has 0 amide bonds. The fourth-order valence-corrected chi connectivity index (χ4v) is 2.93. The van der Waals surface area contributed by atoms with E-state index in [0.29, 0.717) is 23.0 Å². The summed E-state index contributed by atoms with van der Waals surface area (Å²) in [6.45, 7) is 6.35. The number of allylic oxidation sites excluding steroid dienone is 10. The fraction of sp³-hybridized carbons (Fsp3) is 0.238. The van der Waals surface area contributed by atoms with Crippen LogP contribution in [0.4, 0.5) is 0 Å².